The molecule has 0 aromatic heterocycles. The Balaban J connectivity index is 1.72. The smallest absolute Gasteiger partial charge is 0.0702 e. The summed E-state index contributed by atoms with van der Waals surface area (Å²) in [5.41, 5.74) is 5.91. The first-order valence-corrected chi connectivity index (χ1v) is 5.85. The molecule has 0 amide bonds. The molecular weight excluding hydrogens is 176 g/mol. The van der Waals surface area contributed by atoms with Gasteiger partial charge in [0.25, 0.3) is 0 Å². The Morgan fingerprint density at radius 2 is 2.36 bits per heavy atom. The second-order valence-electron chi connectivity index (χ2n) is 4.80. The number of nitrogens with zero attached hydrogens (tertiary/aromatic N) is 1. The zero-order valence-electron chi connectivity index (χ0n) is 9.11. The normalized spacial score (nSPS) is 36.4. The molecule has 0 aromatic rings. The summed E-state index contributed by atoms with van der Waals surface area (Å²) in [5, 5.41) is 0. The van der Waals surface area contributed by atoms with Gasteiger partial charge in [0.15, 0.2) is 0 Å². The van der Waals surface area contributed by atoms with E-state index in [0.29, 0.717) is 18.1 Å². The SMILES string of the molecule is CC(N)C1CCN(CC2CCCO2)C1. The molecule has 2 aliphatic rings. The molecule has 14 heavy (non-hydrogen) atoms. The topological polar surface area (TPSA) is 38.5 Å². The maximum atomic E-state index is 5.91. The highest BCUT2D eigenvalue weighted by Crippen LogP contribution is 2.21. The molecule has 2 saturated heterocycles. The minimum atomic E-state index is 0.351. The van der Waals surface area contributed by atoms with Crippen molar-refractivity contribution in [3.63, 3.8) is 0 Å². The van der Waals surface area contributed by atoms with Crippen LogP contribution in [0.1, 0.15) is 26.2 Å². The highest BCUT2D eigenvalue weighted by molar-refractivity contribution is 4.82. The molecule has 3 atom stereocenters. The lowest BCUT2D eigenvalue weighted by molar-refractivity contribution is 0.0793. The molecule has 2 heterocycles. The molecule has 2 rings (SSSR count). The predicted molar refractivity (Wildman–Crippen MR) is 57.2 cm³/mol. The summed E-state index contributed by atoms with van der Waals surface area (Å²) in [6.45, 7) is 6.61. The quantitative estimate of drug-likeness (QED) is 0.730. The van der Waals surface area contributed by atoms with E-state index in [1.807, 2.05) is 0 Å². The van der Waals surface area contributed by atoms with E-state index in [1.165, 1.54) is 32.4 Å². The maximum absolute atomic E-state index is 5.91. The van der Waals surface area contributed by atoms with Crippen LogP contribution in [0.15, 0.2) is 0 Å². The molecule has 0 aromatic carbocycles. The van der Waals surface area contributed by atoms with Crippen LogP contribution in [0.25, 0.3) is 0 Å². The average Bonchev–Trinajstić information content (AvgIpc) is 2.75. The number of ether oxygens (including phenoxy) is 1. The van der Waals surface area contributed by atoms with Crippen LogP contribution in [0.4, 0.5) is 0 Å². The van der Waals surface area contributed by atoms with Crippen LogP contribution in [0.5, 0.6) is 0 Å². The second kappa shape index (κ2) is 4.60. The lowest BCUT2D eigenvalue weighted by atomic mass is 10.0. The Bertz CT molecular complexity index is 178. The van der Waals surface area contributed by atoms with E-state index in [4.69, 9.17) is 10.5 Å². The zero-order valence-corrected chi connectivity index (χ0v) is 9.11. The van der Waals surface area contributed by atoms with Gasteiger partial charge >= 0.3 is 0 Å². The van der Waals surface area contributed by atoms with Crippen molar-refractivity contribution >= 4 is 0 Å². The molecule has 0 saturated carbocycles. The fourth-order valence-corrected chi connectivity index (χ4v) is 2.53. The van der Waals surface area contributed by atoms with Crippen molar-refractivity contribution in [3.05, 3.63) is 0 Å². The van der Waals surface area contributed by atoms with E-state index in [-0.39, 0.29) is 0 Å². The van der Waals surface area contributed by atoms with Crippen molar-refractivity contribution in [2.45, 2.75) is 38.3 Å². The first-order valence-electron chi connectivity index (χ1n) is 5.85. The van der Waals surface area contributed by atoms with Gasteiger partial charge in [0.1, 0.15) is 0 Å². The van der Waals surface area contributed by atoms with Gasteiger partial charge in [-0.25, -0.2) is 0 Å². The van der Waals surface area contributed by atoms with Gasteiger partial charge in [-0.2, -0.15) is 0 Å². The third-order valence-electron chi connectivity index (χ3n) is 3.54. The van der Waals surface area contributed by atoms with Gasteiger partial charge in [-0.3, -0.25) is 0 Å². The monoisotopic (exact) mass is 198 g/mol. The number of hydrogen-bond donors (Lipinski definition) is 1. The van der Waals surface area contributed by atoms with Crippen LogP contribution >= 0.6 is 0 Å². The Morgan fingerprint density at radius 1 is 1.50 bits per heavy atom. The molecule has 0 bridgehead atoms. The van der Waals surface area contributed by atoms with Crippen molar-refractivity contribution in [2.75, 3.05) is 26.2 Å². The summed E-state index contributed by atoms with van der Waals surface area (Å²) in [5.74, 6) is 0.705. The van der Waals surface area contributed by atoms with Gasteiger partial charge < -0.3 is 15.4 Å². The fourth-order valence-electron chi connectivity index (χ4n) is 2.53. The van der Waals surface area contributed by atoms with Gasteiger partial charge in [-0.1, -0.05) is 0 Å². The molecule has 3 nitrogen and oxygen atoms in total. The average molecular weight is 198 g/mol. The van der Waals surface area contributed by atoms with Gasteiger partial charge in [-0.15, -0.1) is 0 Å². The minimum Gasteiger partial charge on any atom is -0.377 e. The molecule has 0 aliphatic carbocycles. The first-order chi connectivity index (χ1) is 6.75. The van der Waals surface area contributed by atoms with Crippen LogP contribution in [-0.2, 0) is 4.74 Å². The fraction of sp³-hybridized carbons (Fsp3) is 1.00. The Hall–Kier alpha value is -0.120. The first kappa shape index (κ1) is 10.4. The number of hydrogen-bond acceptors (Lipinski definition) is 3. The minimum absolute atomic E-state index is 0.351. The lowest BCUT2D eigenvalue weighted by Gasteiger charge is -2.20. The molecular formula is C11H22N2O. The van der Waals surface area contributed by atoms with Crippen molar-refractivity contribution in [2.24, 2.45) is 11.7 Å². The Morgan fingerprint density at radius 3 is 2.93 bits per heavy atom. The van der Waals surface area contributed by atoms with E-state index in [2.05, 4.69) is 11.8 Å². The highest BCUT2D eigenvalue weighted by atomic mass is 16.5. The molecule has 0 spiro atoms. The van der Waals surface area contributed by atoms with Gasteiger partial charge in [-0.05, 0) is 38.6 Å². The molecule has 3 heteroatoms. The van der Waals surface area contributed by atoms with Gasteiger partial charge in [0, 0.05) is 25.7 Å². The lowest BCUT2D eigenvalue weighted by Crippen LogP contribution is -2.33. The zero-order chi connectivity index (χ0) is 9.97. The summed E-state index contributed by atoms with van der Waals surface area (Å²) < 4.78 is 5.64. The number of nitrogens with two attached hydrogens (primary N) is 1. The molecule has 2 aliphatic heterocycles. The predicted octanol–water partition coefficient (Wildman–Crippen LogP) is 0.834. The van der Waals surface area contributed by atoms with E-state index >= 15 is 0 Å². The van der Waals surface area contributed by atoms with E-state index in [9.17, 15) is 0 Å². The highest BCUT2D eigenvalue weighted by Gasteiger charge is 2.27. The third-order valence-corrected chi connectivity index (χ3v) is 3.54. The van der Waals surface area contributed by atoms with E-state index < -0.39 is 0 Å². The summed E-state index contributed by atoms with van der Waals surface area (Å²) in [7, 11) is 0. The molecule has 2 N–H and O–H groups in total. The summed E-state index contributed by atoms with van der Waals surface area (Å²) in [6.07, 6.45) is 4.26. The van der Waals surface area contributed by atoms with Crippen molar-refractivity contribution < 1.29 is 4.74 Å². The van der Waals surface area contributed by atoms with Crippen LogP contribution in [-0.4, -0.2) is 43.3 Å². The number of rotatable bonds is 3. The maximum Gasteiger partial charge on any atom is 0.0702 e. The largest absolute Gasteiger partial charge is 0.377 e. The standard InChI is InChI=1S/C11H22N2O/c1-9(12)10-4-5-13(7-10)8-11-3-2-6-14-11/h9-11H,2-8,12H2,1H3. The van der Waals surface area contributed by atoms with Crippen LogP contribution in [0, 0.1) is 5.92 Å². The third kappa shape index (κ3) is 2.47. The molecule has 3 unspecified atom stereocenters. The summed E-state index contributed by atoms with van der Waals surface area (Å²) in [4.78, 5) is 2.52. The van der Waals surface area contributed by atoms with Crippen LogP contribution < -0.4 is 5.73 Å². The van der Waals surface area contributed by atoms with Gasteiger partial charge in [0.05, 0.1) is 6.10 Å². The molecule has 82 valence electrons. The van der Waals surface area contributed by atoms with Crippen LogP contribution in [0.3, 0.4) is 0 Å². The van der Waals surface area contributed by atoms with E-state index in [0.717, 1.165) is 13.2 Å². The molecule has 2 fully saturated rings. The van der Waals surface area contributed by atoms with Crippen molar-refractivity contribution in [1.82, 2.24) is 4.90 Å². The second-order valence-corrected chi connectivity index (χ2v) is 4.80. The number of likely N-dealkylation sites (tertiary alicyclic amines) is 1. The van der Waals surface area contributed by atoms with Gasteiger partial charge in [0.2, 0.25) is 0 Å². The Labute approximate surface area is 86.6 Å². The van der Waals surface area contributed by atoms with Crippen molar-refractivity contribution in [1.29, 1.82) is 0 Å². The summed E-state index contributed by atoms with van der Waals surface area (Å²) in [6, 6.07) is 0.351. The Kier molecular flexibility index (Phi) is 3.42. The van der Waals surface area contributed by atoms with E-state index in [1.54, 1.807) is 0 Å². The summed E-state index contributed by atoms with van der Waals surface area (Å²) >= 11 is 0. The van der Waals surface area contributed by atoms with Crippen molar-refractivity contribution in [3.8, 4) is 0 Å². The molecule has 0 radical (unpaired) electrons. The van der Waals surface area contributed by atoms with Crippen LogP contribution in [0.2, 0.25) is 0 Å².